The van der Waals surface area contributed by atoms with Crippen LogP contribution in [0.2, 0.25) is 0 Å². The molecule has 13 heteroatoms. The van der Waals surface area contributed by atoms with Gasteiger partial charge in [0.2, 0.25) is 11.8 Å². The quantitative estimate of drug-likeness (QED) is 0.166. The number of nitrogens with zero attached hydrogens (tertiary/aromatic N) is 1. The van der Waals surface area contributed by atoms with Gasteiger partial charge in [-0.15, -0.1) is 0 Å². The van der Waals surface area contributed by atoms with Gasteiger partial charge >= 0.3 is 11.9 Å². The fraction of sp³-hybridized carbons (Fsp3) is 0.400. The Morgan fingerprint density at radius 3 is 2.29 bits per heavy atom. The van der Waals surface area contributed by atoms with E-state index in [4.69, 9.17) is 18.9 Å². The minimum Gasteiger partial charge on any atom is -0.460 e. The number of carbonyl (C=O) groups excluding carboxylic acids is 5. The van der Waals surface area contributed by atoms with E-state index in [1.807, 2.05) is 24.3 Å². The molecule has 1 aliphatic heterocycles. The molecule has 0 aromatic heterocycles. The molecular formula is C45H51N3O10. The zero-order valence-electron chi connectivity index (χ0n) is 33.5. The maximum absolute atomic E-state index is 13.8. The van der Waals surface area contributed by atoms with Gasteiger partial charge in [-0.3, -0.25) is 19.2 Å². The number of carbonyl (C=O) groups is 5. The Labute approximate surface area is 338 Å². The fourth-order valence-corrected chi connectivity index (χ4v) is 7.20. The molecule has 2 aliphatic carbocycles. The average molecular weight is 794 g/mol. The third-order valence-corrected chi connectivity index (χ3v) is 10.1. The zero-order valence-corrected chi connectivity index (χ0v) is 33.5. The highest BCUT2D eigenvalue weighted by molar-refractivity contribution is 5.96. The van der Waals surface area contributed by atoms with Crippen molar-refractivity contribution in [3.8, 4) is 0 Å². The van der Waals surface area contributed by atoms with E-state index in [9.17, 15) is 29.1 Å². The van der Waals surface area contributed by atoms with Crippen LogP contribution in [0.15, 0.2) is 90.5 Å². The summed E-state index contributed by atoms with van der Waals surface area (Å²) in [5.74, 6) is -2.96. The van der Waals surface area contributed by atoms with Crippen LogP contribution in [-0.2, 0) is 52.7 Å². The number of amides is 3. The second-order valence-corrected chi connectivity index (χ2v) is 16.1. The molecule has 3 N–H and O–H groups in total. The highest BCUT2D eigenvalue weighted by atomic mass is 16.8. The molecule has 6 rings (SSSR count). The van der Waals surface area contributed by atoms with Gasteiger partial charge in [-0.25, -0.2) is 4.79 Å². The number of aliphatic hydroxyl groups excluding tert-OH is 1. The molecule has 3 amide bonds. The molecule has 3 aromatic rings. The van der Waals surface area contributed by atoms with E-state index in [0.29, 0.717) is 35.1 Å². The number of rotatable bonds is 13. The first-order chi connectivity index (χ1) is 27.6. The van der Waals surface area contributed by atoms with Crippen LogP contribution in [0.1, 0.15) is 83.0 Å². The molecular weight excluding hydrogens is 743 g/mol. The molecule has 306 valence electrons. The van der Waals surface area contributed by atoms with Gasteiger partial charge in [0, 0.05) is 63.5 Å². The molecule has 1 fully saturated rings. The SMILES string of the molecule is CN(C)C(=O)C=Cc1ccc(C(=O)OC2CC(C(=O)NCc3cccc(C(=O)NC(CO)CCC(=O)OC(C)(C)C)c3)=CC3OC4(Cc5ccccc5C4)OC32)cc1. The smallest absolute Gasteiger partial charge is 0.338 e. The number of benzene rings is 3. The lowest BCUT2D eigenvalue weighted by molar-refractivity contribution is -0.172. The third-order valence-electron chi connectivity index (χ3n) is 10.1. The minimum absolute atomic E-state index is 0.0324. The van der Waals surface area contributed by atoms with E-state index in [-0.39, 0.29) is 44.2 Å². The van der Waals surface area contributed by atoms with Gasteiger partial charge < -0.3 is 39.6 Å². The molecule has 4 atom stereocenters. The van der Waals surface area contributed by atoms with E-state index in [1.54, 1.807) is 95.5 Å². The van der Waals surface area contributed by atoms with Crippen molar-refractivity contribution in [1.29, 1.82) is 0 Å². The number of fused-ring (bicyclic) bond motifs is 2. The predicted molar refractivity (Wildman–Crippen MR) is 214 cm³/mol. The van der Waals surface area contributed by atoms with E-state index < -0.39 is 53.6 Å². The lowest BCUT2D eigenvalue weighted by Gasteiger charge is -2.30. The largest absolute Gasteiger partial charge is 0.460 e. The van der Waals surface area contributed by atoms with Crippen LogP contribution in [-0.4, -0.2) is 96.1 Å². The summed E-state index contributed by atoms with van der Waals surface area (Å²) >= 11 is 0. The summed E-state index contributed by atoms with van der Waals surface area (Å²) in [6, 6.07) is 20.8. The summed E-state index contributed by atoms with van der Waals surface area (Å²) < 4.78 is 24.6. The maximum Gasteiger partial charge on any atom is 0.338 e. The van der Waals surface area contributed by atoms with Crippen LogP contribution >= 0.6 is 0 Å². The van der Waals surface area contributed by atoms with Crippen molar-refractivity contribution < 1.29 is 48.0 Å². The number of likely N-dealkylation sites (N-methyl/N-ethyl adjacent to an activating group) is 1. The first-order valence-electron chi connectivity index (χ1n) is 19.4. The van der Waals surface area contributed by atoms with Crippen LogP contribution in [0, 0.1) is 0 Å². The average Bonchev–Trinajstić information content (AvgIpc) is 3.74. The molecule has 1 heterocycles. The number of hydrogen-bond acceptors (Lipinski definition) is 10. The minimum atomic E-state index is -0.962. The van der Waals surface area contributed by atoms with Crippen molar-refractivity contribution in [2.45, 2.75) is 95.2 Å². The Bertz CT molecular complexity index is 2060. The summed E-state index contributed by atoms with van der Waals surface area (Å²) in [5, 5.41) is 15.5. The topological polar surface area (TPSA) is 170 Å². The van der Waals surface area contributed by atoms with Crippen molar-refractivity contribution in [1.82, 2.24) is 15.5 Å². The lowest BCUT2D eigenvalue weighted by atomic mass is 9.91. The zero-order chi connectivity index (χ0) is 41.6. The summed E-state index contributed by atoms with van der Waals surface area (Å²) in [5.41, 5.74) is 3.96. The van der Waals surface area contributed by atoms with Gasteiger partial charge in [-0.05, 0) is 85.9 Å². The Balaban J connectivity index is 1.12. The van der Waals surface area contributed by atoms with Gasteiger partial charge in [0.25, 0.3) is 5.91 Å². The molecule has 0 saturated carbocycles. The molecule has 13 nitrogen and oxygen atoms in total. The fourth-order valence-electron chi connectivity index (χ4n) is 7.20. The van der Waals surface area contributed by atoms with Crippen LogP contribution in [0.5, 0.6) is 0 Å². The number of nitrogens with one attached hydrogen (secondary N) is 2. The van der Waals surface area contributed by atoms with Crippen LogP contribution in [0.4, 0.5) is 0 Å². The number of aliphatic hydroxyl groups is 1. The Morgan fingerprint density at radius 2 is 1.64 bits per heavy atom. The normalized spacial score (nSPS) is 19.8. The Kier molecular flexibility index (Phi) is 12.9. The van der Waals surface area contributed by atoms with Gasteiger partial charge in [0.05, 0.1) is 18.2 Å². The van der Waals surface area contributed by atoms with E-state index in [2.05, 4.69) is 10.6 Å². The molecule has 3 aromatic carbocycles. The first-order valence-corrected chi connectivity index (χ1v) is 19.4. The predicted octanol–water partition coefficient (Wildman–Crippen LogP) is 4.45. The van der Waals surface area contributed by atoms with Crippen LogP contribution in [0.3, 0.4) is 0 Å². The standard InChI is InChI=1S/C45H51N3O10/c1-44(2,3)57-39(51)20-18-35(27-49)47-42(53)31-12-8-9-29(21-31)26-46-41(52)34-22-36(55-43(54)30-16-13-28(14-17-30)15-19-38(50)48(4)5)40-37(23-34)56-45(58-40)24-32-10-6-7-11-33(32)25-45/h6-17,19,21,23,35-37,40,49H,18,20,22,24-27H2,1-5H3,(H,46,52)(H,47,53). The molecule has 4 unspecified atom stereocenters. The Hall–Kier alpha value is -5.63. The molecule has 0 bridgehead atoms. The van der Waals surface area contributed by atoms with Crippen molar-refractivity contribution in [3.63, 3.8) is 0 Å². The monoisotopic (exact) mass is 793 g/mol. The van der Waals surface area contributed by atoms with Gasteiger partial charge in [-0.2, -0.15) is 0 Å². The van der Waals surface area contributed by atoms with Crippen LogP contribution < -0.4 is 10.6 Å². The van der Waals surface area contributed by atoms with Crippen molar-refractivity contribution in [2.75, 3.05) is 20.7 Å². The van der Waals surface area contributed by atoms with Gasteiger partial charge in [0.1, 0.15) is 23.9 Å². The molecule has 0 radical (unpaired) electrons. The number of hydrogen-bond donors (Lipinski definition) is 3. The van der Waals surface area contributed by atoms with E-state index in [1.165, 1.54) is 11.0 Å². The summed E-state index contributed by atoms with van der Waals surface area (Å²) in [7, 11) is 3.32. The van der Waals surface area contributed by atoms with Crippen LogP contribution in [0.25, 0.3) is 6.08 Å². The van der Waals surface area contributed by atoms with E-state index in [0.717, 1.165) is 16.7 Å². The first kappa shape index (κ1) is 42.0. The lowest BCUT2D eigenvalue weighted by Crippen LogP contribution is -2.43. The Morgan fingerprint density at radius 1 is 0.931 bits per heavy atom. The maximum atomic E-state index is 13.8. The molecule has 1 spiro atoms. The number of ether oxygens (including phenoxy) is 4. The highest BCUT2D eigenvalue weighted by Gasteiger charge is 2.55. The van der Waals surface area contributed by atoms with Gasteiger partial charge in [0.15, 0.2) is 5.79 Å². The second kappa shape index (κ2) is 17.9. The summed E-state index contributed by atoms with van der Waals surface area (Å²) in [6.07, 6.45) is 4.04. The van der Waals surface area contributed by atoms with Crippen molar-refractivity contribution in [3.05, 3.63) is 124 Å². The van der Waals surface area contributed by atoms with Gasteiger partial charge in [-0.1, -0.05) is 48.5 Å². The summed E-state index contributed by atoms with van der Waals surface area (Å²) in [4.78, 5) is 66.0. The third kappa shape index (κ3) is 10.6. The van der Waals surface area contributed by atoms with E-state index >= 15 is 0 Å². The molecule has 3 aliphatic rings. The highest BCUT2D eigenvalue weighted by Crippen LogP contribution is 2.45. The second-order valence-electron chi connectivity index (χ2n) is 16.1. The molecule has 58 heavy (non-hydrogen) atoms. The summed E-state index contributed by atoms with van der Waals surface area (Å²) in [6.45, 7) is 5.04. The molecule has 1 saturated heterocycles. The number of esters is 2. The van der Waals surface area contributed by atoms with Crippen molar-refractivity contribution >= 4 is 35.7 Å². The van der Waals surface area contributed by atoms with Crippen molar-refractivity contribution in [2.24, 2.45) is 0 Å².